The molecule has 0 saturated carbocycles. The summed E-state index contributed by atoms with van der Waals surface area (Å²) in [5.41, 5.74) is 0.466. The molecule has 1 fully saturated rings. The van der Waals surface area contributed by atoms with Gasteiger partial charge in [0.1, 0.15) is 12.1 Å². The lowest BCUT2D eigenvalue weighted by Gasteiger charge is -2.42. The highest BCUT2D eigenvalue weighted by molar-refractivity contribution is 5.98. The Bertz CT molecular complexity index is 689. The number of nitrogens with one attached hydrogen (secondary N) is 2. The molecule has 7 nitrogen and oxygen atoms in total. The maximum absolute atomic E-state index is 13.0. The Morgan fingerprint density at radius 3 is 2.56 bits per heavy atom. The van der Waals surface area contributed by atoms with Crippen LogP contribution in [0, 0.1) is 0 Å². The van der Waals surface area contributed by atoms with Crippen LogP contribution in [0.3, 0.4) is 0 Å². The summed E-state index contributed by atoms with van der Waals surface area (Å²) >= 11 is 0. The predicted octanol–water partition coefficient (Wildman–Crippen LogP) is 0.389. The van der Waals surface area contributed by atoms with Crippen molar-refractivity contribution < 1.29 is 19.5 Å². The van der Waals surface area contributed by atoms with Gasteiger partial charge < -0.3 is 20.6 Å². The zero-order chi connectivity index (χ0) is 17.8. The lowest BCUT2D eigenvalue weighted by molar-refractivity contribution is -0.155. The molecule has 3 atom stereocenters. The molecule has 0 aromatic heterocycles. The van der Waals surface area contributed by atoms with E-state index in [2.05, 4.69) is 10.6 Å². The topological polar surface area (TPSA) is 98.7 Å². The average molecular weight is 343 g/mol. The first-order valence-electron chi connectivity index (χ1n) is 8.34. The highest BCUT2D eigenvalue weighted by Gasteiger charge is 2.41. The molecule has 0 radical (unpaired) electrons. The molecular formula is C18H21N3O4. The van der Waals surface area contributed by atoms with Crippen LogP contribution in [0.1, 0.15) is 23.2 Å². The van der Waals surface area contributed by atoms with E-state index in [9.17, 15) is 19.5 Å². The number of carbonyl (C=O) groups excluding carboxylic acids is 2. The molecule has 7 heteroatoms. The van der Waals surface area contributed by atoms with Crippen LogP contribution in [0.5, 0.6) is 0 Å². The van der Waals surface area contributed by atoms with Crippen LogP contribution in [-0.4, -0.2) is 59.0 Å². The number of carboxylic acid groups (broad SMARTS) is 1. The number of hydrogen-bond donors (Lipinski definition) is 3. The van der Waals surface area contributed by atoms with Gasteiger partial charge in [-0.1, -0.05) is 30.4 Å². The molecule has 1 aromatic rings. The van der Waals surface area contributed by atoms with Gasteiger partial charge in [0.25, 0.3) is 5.91 Å². The summed E-state index contributed by atoms with van der Waals surface area (Å²) in [5, 5.41) is 15.3. The second-order valence-electron chi connectivity index (χ2n) is 6.25. The van der Waals surface area contributed by atoms with Gasteiger partial charge in [0.2, 0.25) is 5.91 Å². The molecule has 1 saturated heterocycles. The zero-order valence-corrected chi connectivity index (χ0v) is 13.7. The Balaban J connectivity index is 1.82. The Kier molecular flexibility index (Phi) is 5.14. The average Bonchev–Trinajstić information content (AvgIpc) is 2.62. The molecule has 2 aliphatic heterocycles. The zero-order valence-electron chi connectivity index (χ0n) is 13.7. The van der Waals surface area contributed by atoms with E-state index >= 15 is 0 Å². The molecule has 25 heavy (non-hydrogen) atoms. The van der Waals surface area contributed by atoms with Gasteiger partial charge in [0, 0.05) is 24.7 Å². The molecule has 132 valence electrons. The predicted molar refractivity (Wildman–Crippen MR) is 91.0 cm³/mol. The second kappa shape index (κ2) is 7.48. The van der Waals surface area contributed by atoms with Gasteiger partial charge in [-0.05, 0) is 25.0 Å². The van der Waals surface area contributed by atoms with E-state index in [0.717, 1.165) is 0 Å². The van der Waals surface area contributed by atoms with Crippen molar-refractivity contribution in [3.05, 3.63) is 48.0 Å². The quantitative estimate of drug-likeness (QED) is 0.690. The molecule has 0 bridgehead atoms. The monoisotopic (exact) mass is 343 g/mol. The number of piperazine rings is 1. The molecule has 2 heterocycles. The molecule has 0 unspecified atom stereocenters. The first-order chi connectivity index (χ1) is 12.1. The second-order valence-corrected chi connectivity index (χ2v) is 6.25. The minimum atomic E-state index is -1.04. The Hall–Kier alpha value is -2.67. The smallest absolute Gasteiger partial charge is 0.327 e. The third-order valence-electron chi connectivity index (χ3n) is 4.57. The number of hydrogen-bond acceptors (Lipinski definition) is 4. The minimum Gasteiger partial charge on any atom is -0.480 e. The lowest BCUT2D eigenvalue weighted by atomic mass is 9.98. The Morgan fingerprint density at radius 1 is 1.12 bits per heavy atom. The Labute approximate surface area is 145 Å². The molecular weight excluding hydrogens is 322 g/mol. The molecule has 3 rings (SSSR count). The van der Waals surface area contributed by atoms with E-state index in [1.54, 1.807) is 24.3 Å². The third kappa shape index (κ3) is 3.71. The Morgan fingerprint density at radius 2 is 1.84 bits per heavy atom. The first kappa shape index (κ1) is 17.2. The molecule has 2 amide bonds. The summed E-state index contributed by atoms with van der Waals surface area (Å²) in [6.07, 6.45) is 4.76. The van der Waals surface area contributed by atoms with Crippen molar-refractivity contribution in [2.24, 2.45) is 0 Å². The van der Waals surface area contributed by atoms with Crippen LogP contribution in [0.25, 0.3) is 0 Å². The fourth-order valence-corrected chi connectivity index (χ4v) is 3.29. The first-order valence-corrected chi connectivity index (χ1v) is 8.34. The summed E-state index contributed by atoms with van der Waals surface area (Å²) in [6.45, 7) is 0.750. The number of carboxylic acids is 1. The van der Waals surface area contributed by atoms with Gasteiger partial charge >= 0.3 is 5.97 Å². The van der Waals surface area contributed by atoms with E-state index in [4.69, 9.17) is 0 Å². The van der Waals surface area contributed by atoms with Crippen molar-refractivity contribution in [2.45, 2.75) is 31.0 Å². The highest BCUT2D eigenvalue weighted by atomic mass is 16.4. The van der Waals surface area contributed by atoms with Crippen molar-refractivity contribution in [1.29, 1.82) is 0 Å². The summed E-state index contributed by atoms with van der Waals surface area (Å²) < 4.78 is 0. The number of aliphatic carboxylic acids is 1. The van der Waals surface area contributed by atoms with Crippen molar-refractivity contribution >= 4 is 17.8 Å². The highest BCUT2D eigenvalue weighted by Crippen LogP contribution is 2.20. The normalized spacial score (nSPS) is 27.6. The van der Waals surface area contributed by atoms with Gasteiger partial charge in [-0.15, -0.1) is 0 Å². The van der Waals surface area contributed by atoms with E-state index in [0.29, 0.717) is 24.9 Å². The number of nitrogens with zero attached hydrogens (tertiary/aromatic N) is 1. The van der Waals surface area contributed by atoms with E-state index in [1.807, 2.05) is 18.2 Å². The number of rotatable bonds is 3. The van der Waals surface area contributed by atoms with Crippen molar-refractivity contribution in [2.75, 3.05) is 13.1 Å². The summed E-state index contributed by atoms with van der Waals surface area (Å²) in [5.74, 6) is -1.72. The van der Waals surface area contributed by atoms with E-state index < -0.39 is 18.1 Å². The van der Waals surface area contributed by atoms with Gasteiger partial charge in [0.05, 0.1) is 0 Å². The van der Waals surface area contributed by atoms with E-state index in [1.165, 1.54) is 4.90 Å². The molecule has 1 aromatic carbocycles. The number of fused-ring (bicyclic) bond motifs is 1. The van der Waals surface area contributed by atoms with Crippen LogP contribution in [-0.2, 0) is 9.59 Å². The van der Waals surface area contributed by atoms with Crippen molar-refractivity contribution in [1.82, 2.24) is 15.5 Å². The van der Waals surface area contributed by atoms with Crippen LogP contribution in [0.15, 0.2) is 42.5 Å². The van der Waals surface area contributed by atoms with Crippen LogP contribution >= 0.6 is 0 Å². The fourth-order valence-electron chi connectivity index (χ4n) is 3.29. The molecule has 0 spiro atoms. The molecule has 0 aliphatic carbocycles. The number of amides is 2. The van der Waals surface area contributed by atoms with Crippen molar-refractivity contribution in [3.63, 3.8) is 0 Å². The van der Waals surface area contributed by atoms with Crippen LogP contribution < -0.4 is 10.6 Å². The van der Waals surface area contributed by atoms with Crippen LogP contribution in [0.2, 0.25) is 0 Å². The molecule has 2 aliphatic rings. The van der Waals surface area contributed by atoms with Crippen LogP contribution in [0.4, 0.5) is 0 Å². The maximum Gasteiger partial charge on any atom is 0.327 e. The summed E-state index contributed by atoms with van der Waals surface area (Å²) in [4.78, 5) is 38.4. The van der Waals surface area contributed by atoms with E-state index in [-0.39, 0.29) is 24.4 Å². The van der Waals surface area contributed by atoms with Gasteiger partial charge in [-0.3, -0.25) is 9.59 Å². The van der Waals surface area contributed by atoms with Gasteiger partial charge in [-0.2, -0.15) is 0 Å². The summed E-state index contributed by atoms with van der Waals surface area (Å²) in [7, 11) is 0. The maximum atomic E-state index is 13.0. The largest absolute Gasteiger partial charge is 0.480 e. The minimum absolute atomic E-state index is 0.209. The van der Waals surface area contributed by atoms with Gasteiger partial charge in [0.15, 0.2) is 0 Å². The summed E-state index contributed by atoms with van der Waals surface area (Å²) in [6, 6.07) is 6.74. The lowest BCUT2D eigenvalue weighted by Crippen LogP contribution is -2.65. The molecule has 3 N–H and O–H groups in total. The third-order valence-corrected chi connectivity index (χ3v) is 4.57. The SMILES string of the molecule is O=C(N[C@H]1C/C=C\C[C@H]2CNC[C@@H](C(=O)O)N2C1=O)c1ccccc1. The fraction of sp³-hybridized carbons (Fsp3) is 0.389. The number of benzene rings is 1. The van der Waals surface area contributed by atoms with Crippen molar-refractivity contribution in [3.8, 4) is 0 Å². The number of carbonyl (C=O) groups is 3. The van der Waals surface area contributed by atoms with Gasteiger partial charge in [-0.25, -0.2) is 4.79 Å². The standard InChI is InChI=1S/C18H21N3O4/c22-16(12-6-2-1-3-7-12)20-14-9-5-4-8-13-10-19-11-15(18(24)25)21(13)17(14)23/h1-7,13-15,19H,8-11H2,(H,20,22)(H,24,25)/b5-4-/t13-,14-,15-/m0/s1.